The lowest BCUT2D eigenvalue weighted by atomic mass is 9.89. The summed E-state index contributed by atoms with van der Waals surface area (Å²) in [6.45, 7) is 8.32. The number of aryl methyl sites for hydroxylation is 2. The first-order chi connectivity index (χ1) is 12.1. The van der Waals surface area contributed by atoms with Gasteiger partial charge < -0.3 is 9.30 Å². The number of benzene rings is 1. The van der Waals surface area contributed by atoms with Crippen molar-refractivity contribution in [2.75, 3.05) is 13.2 Å². The Labute approximate surface area is 153 Å². The van der Waals surface area contributed by atoms with E-state index in [2.05, 4.69) is 35.5 Å². The number of amides is 1. The average molecular weight is 361 g/mol. The zero-order valence-corrected chi connectivity index (χ0v) is 16.3. The Morgan fingerprint density at radius 1 is 1.28 bits per heavy atom. The van der Waals surface area contributed by atoms with Gasteiger partial charge in [-0.25, -0.2) is 0 Å². The molecule has 1 aliphatic rings. The molecule has 0 saturated heterocycles. The zero-order chi connectivity index (χ0) is 17.8. The third-order valence-corrected chi connectivity index (χ3v) is 5.96. The van der Waals surface area contributed by atoms with E-state index in [-0.39, 0.29) is 11.8 Å². The van der Waals surface area contributed by atoms with Crippen molar-refractivity contribution in [3.63, 3.8) is 0 Å². The summed E-state index contributed by atoms with van der Waals surface area (Å²) in [5.41, 5.74) is 3.66. The molecule has 3 rings (SSSR count). The number of fused-ring (bicyclic) bond motifs is 1. The minimum absolute atomic E-state index is 0.0609. The summed E-state index contributed by atoms with van der Waals surface area (Å²) in [6, 6.07) is 4.38. The van der Waals surface area contributed by atoms with Gasteiger partial charge in [0, 0.05) is 19.1 Å². The third kappa shape index (κ3) is 4.21. The number of hydrogen-bond acceptors (Lipinski definition) is 3. The zero-order valence-electron chi connectivity index (χ0n) is 15.5. The van der Waals surface area contributed by atoms with Gasteiger partial charge in [0.1, 0.15) is 0 Å². The molecule has 5 heteroatoms. The molecule has 1 amide bonds. The van der Waals surface area contributed by atoms with Gasteiger partial charge in [0.15, 0.2) is 4.80 Å². The predicted molar refractivity (Wildman–Crippen MR) is 103 cm³/mol. The maximum atomic E-state index is 12.7. The summed E-state index contributed by atoms with van der Waals surface area (Å²) >= 11 is 1.62. The van der Waals surface area contributed by atoms with Crippen LogP contribution in [-0.4, -0.2) is 23.7 Å². The van der Waals surface area contributed by atoms with E-state index in [1.807, 2.05) is 6.92 Å². The van der Waals surface area contributed by atoms with Gasteiger partial charge in [0.2, 0.25) is 0 Å². The molecule has 25 heavy (non-hydrogen) atoms. The SMILES string of the molecule is CCOCCn1c(=NC(=O)C2CCCCC2)sc2cc(C)cc(C)c21. The standard InChI is InChI=1S/C20H28N2O2S/c1-4-24-11-10-22-18-15(3)12-14(2)13-17(18)25-20(22)21-19(23)16-8-6-5-7-9-16/h12-13,16H,4-11H2,1-3H3. The van der Waals surface area contributed by atoms with Crippen molar-refractivity contribution in [2.45, 2.75) is 59.4 Å². The number of carbonyl (C=O) groups excluding carboxylic acids is 1. The molecule has 4 nitrogen and oxygen atoms in total. The van der Waals surface area contributed by atoms with Crippen molar-refractivity contribution >= 4 is 27.5 Å². The Kier molecular flexibility index (Phi) is 6.07. The van der Waals surface area contributed by atoms with Crippen molar-refractivity contribution in [1.29, 1.82) is 0 Å². The predicted octanol–water partition coefficient (Wildman–Crippen LogP) is 4.36. The fraction of sp³-hybridized carbons (Fsp3) is 0.600. The van der Waals surface area contributed by atoms with Gasteiger partial charge in [-0.2, -0.15) is 4.99 Å². The number of carbonyl (C=O) groups is 1. The highest BCUT2D eigenvalue weighted by Crippen LogP contribution is 2.26. The number of nitrogens with zero attached hydrogens (tertiary/aromatic N) is 2. The van der Waals surface area contributed by atoms with Crippen LogP contribution in [0.15, 0.2) is 17.1 Å². The summed E-state index contributed by atoms with van der Waals surface area (Å²) in [6.07, 6.45) is 5.54. The van der Waals surface area contributed by atoms with Crippen molar-refractivity contribution in [2.24, 2.45) is 10.9 Å². The van der Waals surface area contributed by atoms with E-state index in [1.165, 1.54) is 27.8 Å². The Morgan fingerprint density at radius 3 is 2.76 bits per heavy atom. The largest absolute Gasteiger partial charge is 0.380 e. The summed E-state index contributed by atoms with van der Waals surface area (Å²) < 4.78 is 8.92. The van der Waals surface area contributed by atoms with Crippen LogP contribution < -0.4 is 4.80 Å². The lowest BCUT2D eigenvalue weighted by Crippen LogP contribution is -2.23. The summed E-state index contributed by atoms with van der Waals surface area (Å²) in [7, 11) is 0. The van der Waals surface area contributed by atoms with E-state index < -0.39 is 0 Å². The van der Waals surface area contributed by atoms with E-state index in [0.29, 0.717) is 13.2 Å². The maximum absolute atomic E-state index is 12.7. The Balaban J connectivity index is 2.02. The van der Waals surface area contributed by atoms with E-state index >= 15 is 0 Å². The van der Waals surface area contributed by atoms with Crippen LogP contribution in [0.4, 0.5) is 0 Å². The summed E-state index contributed by atoms with van der Waals surface area (Å²) in [5.74, 6) is 0.174. The molecule has 1 aromatic carbocycles. The first-order valence-corrected chi connectivity index (χ1v) is 10.2. The number of hydrogen-bond donors (Lipinski definition) is 0. The van der Waals surface area contributed by atoms with Crippen LogP contribution in [0.1, 0.15) is 50.2 Å². The maximum Gasteiger partial charge on any atom is 0.251 e. The highest BCUT2D eigenvalue weighted by molar-refractivity contribution is 7.16. The Morgan fingerprint density at radius 2 is 2.04 bits per heavy atom. The number of ether oxygens (including phenoxy) is 1. The van der Waals surface area contributed by atoms with Crippen LogP contribution in [0.2, 0.25) is 0 Å². The molecule has 1 aromatic heterocycles. The normalized spacial score (nSPS) is 16.7. The first-order valence-electron chi connectivity index (χ1n) is 9.37. The van der Waals surface area contributed by atoms with Gasteiger partial charge in [0.05, 0.1) is 16.8 Å². The molecule has 0 aliphatic heterocycles. The Bertz CT molecular complexity index is 813. The molecule has 136 valence electrons. The molecule has 0 spiro atoms. The monoisotopic (exact) mass is 360 g/mol. The molecule has 1 saturated carbocycles. The molecular formula is C20H28N2O2S. The lowest BCUT2D eigenvalue weighted by Gasteiger charge is -2.17. The minimum Gasteiger partial charge on any atom is -0.380 e. The second kappa shape index (κ2) is 8.28. The van der Waals surface area contributed by atoms with E-state index in [9.17, 15) is 4.79 Å². The van der Waals surface area contributed by atoms with E-state index in [1.54, 1.807) is 11.3 Å². The summed E-state index contributed by atoms with van der Waals surface area (Å²) in [4.78, 5) is 18.0. The third-order valence-electron chi connectivity index (χ3n) is 4.94. The molecule has 0 unspecified atom stereocenters. The van der Waals surface area contributed by atoms with E-state index in [0.717, 1.165) is 37.0 Å². The van der Waals surface area contributed by atoms with Crippen molar-refractivity contribution in [3.05, 3.63) is 28.1 Å². The van der Waals surface area contributed by atoms with Gasteiger partial charge in [-0.1, -0.05) is 36.7 Å². The van der Waals surface area contributed by atoms with Gasteiger partial charge in [-0.15, -0.1) is 0 Å². The second-order valence-corrected chi connectivity index (χ2v) is 7.96. The van der Waals surface area contributed by atoms with Crippen LogP contribution >= 0.6 is 11.3 Å². The topological polar surface area (TPSA) is 43.6 Å². The highest BCUT2D eigenvalue weighted by atomic mass is 32.1. The molecule has 0 bridgehead atoms. The molecule has 0 atom stereocenters. The summed E-state index contributed by atoms with van der Waals surface area (Å²) in [5, 5.41) is 0. The molecule has 2 aromatic rings. The molecule has 0 radical (unpaired) electrons. The lowest BCUT2D eigenvalue weighted by molar-refractivity contribution is -0.122. The second-order valence-electron chi connectivity index (χ2n) is 6.95. The molecule has 0 N–H and O–H groups in total. The van der Waals surface area contributed by atoms with Crippen molar-refractivity contribution in [3.8, 4) is 0 Å². The fourth-order valence-electron chi connectivity index (χ4n) is 3.72. The smallest absolute Gasteiger partial charge is 0.251 e. The van der Waals surface area contributed by atoms with Crippen LogP contribution in [-0.2, 0) is 16.1 Å². The van der Waals surface area contributed by atoms with Crippen molar-refractivity contribution in [1.82, 2.24) is 4.57 Å². The number of thiazole rings is 1. The molecular weight excluding hydrogens is 332 g/mol. The highest BCUT2D eigenvalue weighted by Gasteiger charge is 2.21. The Hall–Kier alpha value is -1.46. The first kappa shape index (κ1) is 18.3. The van der Waals surface area contributed by atoms with Gasteiger partial charge in [-0.3, -0.25) is 4.79 Å². The number of rotatable bonds is 5. The molecule has 1 fully saturated rings. The van der Waals surface area contributed by atoms with Crippen LogP contribution in [0, 0.1) is 19.8 Å². The van der Waals surface area contributed by atoms with Crippen LogP contribution in [0.3, 0.4) is 0 Å². The molecule has 1 aliphatic carbocycles. The van der Waals surface area contributed by atoms with Crippen molar-refractivity contribution < 1.29 is 9.53 Å². The average Bonchev–Trinajstić information content (AvgIpc) is 2.93. The fourth-order valence-corrected chi connectivity index (χ4v) is 4.96. The van der Waals surface area contributed by atoms with Gasteiger partial charge in [-0.05, 0) is 50.8 Å². The van der Waals surface area contributed by atoms with Gasteiger partial charge >= 0.3 is 0 Å². The minimum atomic E-state index is 0.0609. The number of aromatic nitrogens is 1. The van der Waals surface area contributed by atoms with Crippen LogP contribution in [0.25, 0.3) is 10.2 Å². The quantitative estimate of drug-likeness (QED) is 0.744. The van der Waals surface area contributed by atoms with Gasteiger partial charge in [0.25, 0.3) is 5.91 Å². The van der Waals surface area contributed by atoms with Crippen LogP contribution in [0.5, 0.6) is 0 Å². The van der Waals surface area contributed by atoms with E-state index in [4.69, 9.17) is 4.74 Å². The molecule has 1 heterocycles.